The lowest BCUT2D eigenvalue weighted by Crippen LogP contribution is -2.64. The van der Waals surface area contributed by atoms with Crippen molar-refractivity contribution >= 4 is 12.3 Å². The molecule has 0 radical (unpaired) electrons. The third kappa shape index (κ3) is 3.20. The fourth-order valence-corrected chi connectivity index (χ4v) is 10.1. The molecule has 1 N–H and O–H groups in total. The maximum Gasteiger partial charge on any atom is 0.315 e. The van der Waals surface area contributed by atoms with E-state index in [9.17, 15) is 14.7 Å². The summed E-state index contributed by atoms with van der Waals surface area (Å²) in [4.78, 5) is 26.8. The first-order valence-corrected chi connectivity index (χ1v) is 14.4. The van der Waals surface area contributed by atoms with Crippen molar-refractivity contribution in [3.05, 3.63) is 11.6 Å². The van der Waals surface area contributed by atoms with E-state index in [1.807, 2.05) is 20.8 Å². The Balaban J connectivity index is 1.35. The van der Waals surface area contributed by atoms with Gasteiger partial charge in [-0.15, -0.1) is 0 Å². The molecule has 2 aliphatic heterocycles. The van der Waals surface area contributed by atoms with Gasteiger partial charge in [0, 0.05) is 11.8 Å². The minimum Gasteiger partial charge on any atom is -0.481 e. The van der Waals surface area contributed by atoms with E-state index in [2.05, 4.69) is 26.8 Å². The molecule has 5 fully saturated rings. The average molecular weight is 517 g/mol. The van der Waals surface area contributed by atoms with Crippen molar-refractivity contribution < 1.29 is 33.6 Å². The second kappa shape index (κ2) is 8.36. The lowest BCUT2D eigenvalue weighted by molar-refractivity contribution is -0.317. The molecule has 206 valence electrons. The predicted octanol–water partition coefficient (Wildman–Crippen LogP) is 4.63. The molecule has 0 aromatic carbocycles. The Morgan fingerprint density at radius 2 is 2.00 bits per heavy atom. The van der Waals surface area contributed by atoms with E-state index in [1.165, 1.54) is 0 Å². The van der Waals surface area contributed by atoms with Gasteiger partial charge in [-0.2, -0.15) is 0 Å². The Bertz CT molecular complexity index is 1000. The molecule has 3 saturated carbocycles. The number of aliphatic carboxylic acids is 1. The highest BCUT2D eigenvalue weighted by Crippen LogP contribution is 2.82. The van der Waals surface area contributed by atoms with Crippen LogP contribution < -0.4 is 0 Å². The highest BCUT2D eigenvalue weighted by molar-refractivity contribution is 5.90. The van der Waals surface area contributed by atoms with Crippen molar-refractivity contribution in [1.29, 1.82) is 0 Å². The summed E-state index contributed by atoms with van der Waals surface area (Å²) in [5.74, 6) is 0.181. The molecule has 2 heterocycles. The van der Waals surface area contributed by atoms with Crippen LogP contribution in [-0.4, -0.2) is 60.8 Å². The van der Waals surface area contributed by atoms with E-state index < -0.39 is 28.5 Å². The number of carboxylic acid groups (broad SMARTS) is 1. The Kier molecular flexibility index (Phi) is 5.87. The summed E-state index contributed by atoms with van der Waals surface area (Å²) >= 11 is 0. The standard InChI is InChI=1S/C30H44O7/c1-16(2)22-9-19-11-28(13-31)21-8-7-17(3)20(21)12-29(19,30(22,28)26(32)33)15-34-24-10-23-25(18(4)36-24)35-14-27(5,6)37-23/h9,13,16-21,23-25H,7-8,10-12,14-15H2,1-6H3,(H,32,33)/t17-,18-,19?,20-,21-,23+,24-,25-,28+,29?,30+/m1/s1. The minimum absolute atomic E-state index is 0.0194. The lowest BCUT2D eigenvalue weighted by atomic mass is 9.43. The molecule has 0 aromatic heterocycles. The van der Waals surface area contributed by atoms with Crippen LogP contribution in [0.2, 0.25) is 0 Å². The molecule has 0 spiro atoms. The zero-order valence-electron chi connectivity index (χ0n) is 23.2. The highest BCUT2D eigenvalue weighted by Gasteiger charge is 2.84. The van der Waals surface area contributed by atoms with E-state index >= 15 is 0 Å². The van der Waals surface area contributed by atoms with Crippen LogP contribution in [0.15, 0.2) is 11.6 Å². The highest BCUT2D eigenvalue weighted by atomic mass is 16.7. The first kappa shape index (κ1) is 26.0. The number of hydrogen-bond acceptors (Lipinski definition) is 6. The molecule has 6 aliphatic rings. The molecular formula is C30H44O7. The van der Waals surface area contributed by atoms with E-state index in [-0.39, 0.29) is 48.3 Å². The van der Waals surface area contributed by atoms with Gasteiger partial charge in [-0.25, -0.2) is 0 Å². The van der Waals surface area contributed by atoms with Gasteiger partial charge in [0.05, 0.1) is 36.4 Å². The maximum atomic E-state index is 13.6. The van der Waals surface area contributed by atoms with Gasteiger partial charge in [-0.1, -0.05) is 38.8 Å². The fourth-order valence-electron chi connectivity index (χ4n) is 10.1. The minimum atomic E-state index is -1.22. The van der Waals surface area contributed by atoms with Crippen molar-refractivity contribution in [2.45, 2.75) is 104 Å². The Morgan fingerprint density at radius 3 is 2.68 bits per heavy atom. The third-order valence-corrected chi connectivity index (χ3v) is 11.4. The van der Waals surface area contributed by atoms with Gasteiger partial charge in [0.1, 0.15) is 17.8 Å². The van der Waals surface area contributed by atoms with Crippen LogP contribution in [0.1, 0.15) is 73.6 Å². The first-order chi connectivity index (χ1) is 17.4. The largest absolute Gasteiger partial charge is 0.481 e. The number of allylic oxidation sites excluding steroid dienone is 1. The van der Waals surface area contributed by atoms with Gasteiger partial charge in [-0.3, -0.25) is 4.79 Å². The van der Waals surface area contributed by atoms with Crippen molar-refractivity contribution in [3.8, 4) is 0 Å². The third-order valence-electron chi connectivity index (χ3n) is 11.4. The number of hydrogen-bond donors (Lipinski definition) is 1. The predicted molar refractivity (Wildman–Crippen MR) is 136 cm³/mol. The maximum absolute atomic E-state index is 13.6. The van der Waals surface area contributed by atoms with Crippen molar-refractivity contribution in [3.63, 3.8) is 0 Å². The van der Waals surface area contributed by atoms with Crippen molar-refractivity contribution in [1.82, 2.24) is 0 Å². The summed E-state index contributed by atoms with van der Waals surface area (Å²) in [7, 11) is 0. The zero-order valence-corrected chi connectivity index (χ0v) is 23.2. The molecule has 4 aliphatic carbocycles. The van der Waals surface area contributed by atoms with Gasteiger partial charge < -0.3 is 28.8 Å². The smallest absolute Gasteiger partial charge is 0.315 e. The van der Waals surface area contributed by atoms with Crippen LogP contribution >= 0.6 is 0 Å². The Morgan fingerprint density at radius 1 is 1.24 bits per heavy atom. The zero-order chi connectivity index (χ0) is 26.5. The van der Waals surface area contributed by atoms with Crippen LogP contribution in [-0.2, 0) is 28.5 Å². The van der Waals surface area contributed by atoms with Gasteiger partial charge in [0.2, 0.25) is 0 Å². The SMILES string of the molecule is CC(C)C1=CC2C[C@]3(C=O)[C@@H]4CC[C@@H](C)[C@H]4CC2(CO[C@H]2C[C@@H]4OC(C)(C)CO[C@@H]4[C@@H](C)O2)[C@]13C(=O)O. The molecule has 11 atom stereocenters. The van der Waals surface area contributed by atoms with E-state index in [0.29, 0.717) is 31.3 Å². The molecule has 0 amide bonds. The van der Waals surface area contributed by atoms with Crippen LogP contribution in [0.4, 0.5) is 0 Å². The molecule has 4 bridgehead atoms. The number of fused-ring (bicyclic) bond motifs is 3. The van der Waals surface area contributed by atoms with Crippen molar-refractivity contribution in [2.75, 3.05) is 13.2 Å². The Hall–Kier alpha value is -1.28. The summed E-state index contributed by atoms with van der Waals surface area (Å²) < 4.78 is 25.3. The fraction of sp³-hybridized carbons (Fsp3) is 0.867. The average Bonchev–Trinajstić information content (AvgIpc) is 3.39. The quantitative estimate of drug-likeness (QED) is 0.407. The van der Waals surface area contributed by atoms with Crippen LogP contribution in [0.25, 0.3) is 0 Å². The molecule has 37 heavy (non-hydrogen) atoms. The second-order valence-corrected chi connectivity index (χ2v) is 14.0. The van der Waals surface area contributed by atoms with E-state index in [4.69, 9.17) is 18.9 Å². The van der Waals surface area contributed by atoms with Gasteiger partial charge in [0.15, 0.2) is 6.29 Å². The number of carbonyl (C=O) groups excluding carboxylic acids is 1. The number of carbonyl (C=O) groups is 2. The molecule has 2 unspecified atom stereocenters. The number of carboxylic acids is 1. The number of aldehydes is 1. The molecule has 7 nitrogen and oxygen atoms in total. The molecular weight excluding hydrogens is 472 g/mol. The Labute approximate surface area is 220 Å². The molecule has 0 aromatic rings. The summed E-state index contributed by atoms with van der Waals surface area (Å²) in [5.41, 5.74) is -2.16. The summed E-state index contributed by atoms with van der Waals surface area (Å²) in [6, 6.07) is 0. The van der Waals surface area contributed by atoms with Gasteiger partial charge in [0.25, 0.3) is 0 Å². The van der Waals surface area contributed by atoms with Gasteiger partial charge >= 0.3 is 5.97 Å². The number of rotatable bonds is 6. The second-order valence-electron chi connectivity index (χ2n) is 14.0. The number of ether oxygens (including phenoxy) is 4. The van der Waals surface area contributed by atoms with Crippen LogP contribution in [0, 0.1) is 45.8 Å². The van der Waals surface area contributed by atoms with Crippen LogP contribution in [0.5, 0.6) is 0 Å². The molecule has 7 heteroatoms. The van der Waals surface area contributed by atoms with E-state index in [0.717, 1.165) is 31.1 Å². The first-order valence-electron chi connectivity index (χ1n) is 14.4. The molecule has 2 saturated heterocycles. The topological polar surface area (TPSA) is 91.3 Å². The molecule has 6 rings (SSSR count). The monoisotopic (exact) mass is 516 g/mol. The van der Waals surface area contributed by atoms with Gasteiger partial charge in [-0.05, 0) is 69.6 Å². The summed E-state index contributed by atoms with van der Waals surface area (Å²) in [6.45, 7) is 13.3. The summed E-state index contributed by atoms with van der Waals surface area (Å²) in [6.07, 6.45) is 6.29. The van der Waals surface area contributed by atoms with Crippen LogP contribution in [0.3, 0.4) is 0 Å². The van der Waals surface area contributed by atoms with E-state index in [1.54, 1.807) is 0 Å². The normalized spacial score (nSPS) is 51.5. The lowest BCUT2D eigenvalue weighted by Gasteiger charge is -2.58. The summed E-state index contributed by atoms with van der Waals surface area (Å²) in [5, 5.41) is 11.1. The van der Waals surface area contributed by atoms with Crippen molar-refractivity contribution in [2.24, 2.45) is 45.8 Å².